The summed E-state index contributed by atoms with van der Waals surface area (Å²) in [7, 11) is 0. The van der Waals surface area contributed by atoms with Crippen LogP contribution in [0.4, 0.5) is 0 Å². The lowest BCUT2D eigenvalue weighted by Crippen LogP contribution is -2.50. The van der Waals surface area contributed by atoms with Gasteiger partial charge >= 0.3 is 0 Å². The lowest BCUT2D eigenvalue weighted by molar-refractivity contribution is -0.123. The molecule has 1 saturated carbocycles. The maximum atomic E-state index is 11.4. The van der Waals surface area contributed by atoms with Crippen molar-refractivity contribution in [2.75, 3.05) is 5.88 Å². The first-order chi connectivity index (χ1) is 6.16. The number of rotatable bonds is 5. The Morgan fingerprint density at radius 3 is 2.62 bits per heavy atom. The topological polar surface area (TPSA) is 29.1 Å². The van der Waals surface area contributed by atoms with Gasteiger partial charge in [0.1, 0.15) is 0 Å². The third kappa shape index (κ3) is 3.55. The zero-order chi connectivity index (χ0) is 9.73. The average Bonchev–Trinajstić information content (AvgIpc) is 2.02. The smallest absolute Gasteiger partial charge is 0.220 e. The van der Waals surface area contributed by atoms with Crippen molar-refractivity contribution in [1.82, 2.24) is 5.32 Å². The number of alkyl halides is 1. The summed E-state index contributed by atoms with van der Waals surface area (Å²) in [6.07, 6.45) is 5.99. The van der Waals surface area contributed by atoms with Gasteiger partial charge < -0.3 is 5.32 Å². The second kappa shape index (κ2) is 4.85. The molecule has 1 aliphatic rings. The van der Waals surface area contributed by atoms with Gasteiger partial charge in [-0.2, -0.15) is 0 Å². The molecule has 3 heteroatoms. The first-order valence-corrected chi connectivity index (χ1v) is 5.57. The van der Waals surface area contributed by atoms with E-state index in [4.69, 9.17) is 11.6 Å². The summed E-state index contributed by atoms with van der Waals surface area (Å²) >= 11 is 5.52. The summed E-state index contributed by atoms with van der Waals surface area (Å²) in [4.78, 5) is 11.4. The molecule has 0 heterocycles. The van der Waals surface area contributed by atoms with E-state index in [0.29, 0.717) is 12.3 Å². The van der Waals surface area contributed by atoms with Gasteiger partial charge in [-0.1, -0.05) is 0 Å². The molecular weight excluding hydrogens is 186 g/mol. The number of carbonyl (C=O) groups is 1. The quantitative estimate of drug-likeness (QED) is 0.540. The molecule has 1 amide bonds. The van der Waals surface area contributed by atoms with Crippen LogP contribution in [0.5, 0.6) is 0 Å². The molecule has 76 valence electrons. The molecule has 0 bridgehead atoms. The molecule has 2 nitrogen and oxygen atoms in total. The lowest BCUT2D eigenvalue weighted by atomic mass is 9.78. The maximum absolute atomic E-state index is 11.4. The Bertz CT molecular complexity index is 178. The minimum atomic E-state index is 0.109. The van der Waals surface area contributed by atoms with E-state index in [0.717, 1.165) is 25.7 Å². The molecule has 0 saturated heterocycles. The Labute approximate surface area is 85.0 Å². The first-order valence-electron chi connectivity index (χ1n) is 5.03. The molecule has 1 N–H and O–H groups in total. The summed E-state index contributed by atoms with van der Waals surface area (Å²) in [5, 5.41) is 3.07. The number of carbonyl (C=O) groups excluding carboxylic acids is 1. The number of hydrogen-bond donors (Lipinski definition) is 1. The molecule has 0 aromatic carbocycles. The van der Waals surface area contributed by atoms with Crippen molar-refractivity contribution < 1.29 is 4.79 Å². The molecule has 0 aliphatic heterocycles. The van der Waals surface area contributed by atoms with Crippen LogP contribution in [0.15, 0.2) is 0 Å². The average molecular weight is 204 g/mol. The van der Waals surface area contributed by atoms with Crippen LogP contribution in [0.25, 0.3) is 0 Å². The molecule has 1 fully saturated rings. The van der Waals surface area contributed by atoms with Crippen LogP contribution in [-0.2, 0) is 4.79 Å². The third-order valence-electron chi connectivity index (χ3n) is 2.69. The zero-order valence-electron chi connectivity index (χ0n) is 8.24. The van der Waals surface area contributed by atoms with Gasteiger partial charge in [0.15, 0.2) is 0 Å². The van der Waals surface area contributed by atoms with E-state index in [-0.39, 0.29) is 11.4 Å². The molecule has 0 spiro atoms. The van der Waals surface area contributed by atoms with Gasteiger partial charge in [0.05, 0.1) is 0 Å². The van der Waals surface area contributed by atoms with Crippen LogP contribution in [0.2, 0.25) is 0 Å². The van der Waals surface area contributed by atoms with Crippen LogP contribution in [-0.4, -0.2) is 17.3 Å². The summed E-state index contributed by atoms with van der Waals surface area (Å²) in [6, 6.07) is 0. The predicted octanol–water partition coefficient (Wildman–Crippen LogP) is 2.45. The molecule has 0 radical (unpaired) electrons. The highest BCUT2D eigenvalue weighted by molar-refractivity contribution is 6.17. The first kappa shape index (κ1) is 10.8. The van der Waals surface area contributed by atoms with E-state index in [1.165, 1.54) is 6.42 Å². The van der Waals surface area contributed by atoms with E-state index < -0.39 is 0 Å². The second-order valence-corrected chi connectivity index (χ2v) is 4.49. The van der Waals surface area contributed by atoms with Crippen molar-refractivity contribution in [3.8, 4) is 0 Å². The molecule has 1 aliphatic carbocycles. The fourth-order valence-electron chi connectivity index (χ4n) is 1.61. The van der Waals surface area contributed by atoms with Crippen molar-refractivity contribution in [3.63, 3.8) is 0 Å². The van der Waals surface area contributed by atoms with Gasteiger partial charge in [-0.05, 0) is 39.0 Å². The fourth-order valence-corrected chi connectivity index (χ4v) is 1.80. The number of unbranched alkanes of at least 4 members (excludes halogenated alkanes) is 1. The van der Waals surface area contributed by atoms with E-state index in [9.17, 15) is 4.79 Å². The van der Waals surface area contributed by atoms with E-state index >= 15 is 0 Å². The SMILES string of the molecule is CC1(NC(=O)CCCCCl)CCC1. The highest BCUT2D eigenvalue weighted by Crippen LogP contribution is 2.30. The number of nitrogens with one attached hydrogen (secondary N) is 1. The van der Waals surface area contributed by atoms with E-state index in [1.807, 2.05) is 0 Å². The van der Waals surface area contributed by atoms with Crippen molar-refractivity contribution in [2.24, 2.45) is 0 Å². The highest BCUT2D eigenvalue weighted by atomic mass is 35.5. The molecule has 13 heavy (non-hydrogen) atoms. The monoisotopic (exact) mass is 203 g/mol. The number of halogens is 1. The van der Waals surface area contributed by atoms with Gasteiger partial charge in [-0.15, -0.1) is 11.6 Å². The lowest BCUT2D eigenvalue weighted by Gasteiger charge is -2.39. The Balaban J connectivity index is 2.10. The van der Waals surface area contributed by atoms with Crippen LogP contribution in [0.1, 0.15) is 45.4 Å². The largest absolute Gasteiger partial charge is 0.351 e. The highest BCUT2D eigenvalue weighted by Gasteiger charge is 2.32. The Kier molecular flexibility index (Phi) is 4.04. The number of amides is 1. The van der Waals surface area contributed by atoms with Crippen LogP contribution in [0, 0.1) is 0 Å². The summed E-state index contributed by atoms with van der Waals surface area (Å²) < 4.78 is 0. The Morgan fingerprint density at radius 2 is 2.15 bits per heavy atom. The molecule has 0 atom stereocenters. The second-order valence-electron chi connectivity index (χ2n) is 4.11. The molecule has 0 unspecified atom stereocenters. The molecular formula is C10H18ClNO. The number of hydrogen-bond acceptors (Lipinski definition) is 1. The van der Waals surface area contributed by atoms with E-state index in [2.05, 4.69) is 12.2 Å². The Morgan fingerprint density at radius 1 is 1.46 bits per heavy atom. The standard InChI is InChI=1S/C10H18ClNO/c1-10(6-4-7-10)12-9(13)5-2-3-8-11/h2-8H2,1H3,(H,12,13). The van der Waals surface area contributed by atoms with Gasteiger partial charge in [0, 0.05) is 17.8 Å². The van der Waals surface area contributed by atoms with Crippen LogP contribution >= 0.6 is 11.6 Å². The normalized spacial score (nSPS) is 19.2. The Hall–Kier alpha value is -0.240. The van der Waals surface area contributed by atoms with Crippen LogP contribution < -0.4 is 5.32 Å². The van der Waals surface area contributed by atoms with Crippen molar-refractivity contribution in [1.29, 1.82) is 0 Å². The maximum Gasteiger partial charge on any atom is 0.220 e. The van der Waals surface area contributed by atoms with Crippen molar-refractivity contribution in [2.45, 2.75) is 51.0 Å². The van der Waals surface area contributed by atoms with Gasteiger partial charge in [-0.25, -0.2) is 0 Å². The predicted molar refractivity (Wildman–Crippen MR) is 55.0 cm³/mol. The van der Waals surface area contributed by atoms with E-state index in [1.54, 1.807) is 0 Å². The van der Waals surface area contributed by atoms with Gasteiger partial charge in [0.25, 0.3) is 0 Å². The fraction of sp³-hybridized carbons (Fsp3) is 0.900. The minimum absolute atomic E-state index is 0.109. The van der Waals surface area contributed by atoms with Crippen LogP contribution in [0.3, 0.4) is 0 Å². The van der Waals surface area contributed by atoms with Crippen molar-refractivity contribution in [3.05, 3.63) is 0 Å². The van der Waals surface area contributed by atoms with Gasteiger partial charge in [-0.3, -0.25) is 4.79 Å². The summed E-state index contributed by atoms with van der Waals surface area (Å²) in [5.41, 5.74) is 0.109. The summed E-state index contributed by atoms with van der Waals surface area (Å²) in [6.45, 7) is 2.12. The zero-order valence-corrected chi connectivity index (χ0v) is 8.99. The summed E-state index contributed by atoms with van der Waals surface area (Å²) in [5.74, 6) is 0.845. The molecule has 1 rings (SSSR count). The van der Waals surface area contributed by atoms with Gasteiger partial charge in [0.2, 0.25) is 5.91 Å². The molecule has 0 aromatic heterocycles. The van der Waals surface area contributed by atoms with Crippen molar-refractivity contribution >= 4 is 17.5 Å². The molecule has 0 aromatic rings. The minimum Gasteiger partial charge on any atom is -0.351 e. The third-order valence-corrected chi connectivity index (χ3v) is 2.95.